The van der Waals surface area contributed by atoms with E-state index in [1.807, 2.05) is 115 Å². The Morgan fingerprint density at radius 2 is 1.14 bits per heavy atom. The van der Waals surface area contributed by atoms with Gasteiger partial charge in [0.1, 0.15) is 24.7 Å². The molecular formula is C51H67N3O11. The number of nitrogens with two attached hydrogens (primary N) is 1. The van der Waals surface area contributed by atoms with Crippen molar-refractivity contribution in [1.82, 2.24) is 10.6 Å². The van der Waals surface area contributed by atoms with E-state index in [-0.39, 0.29) is 69.8 Å². The predicted molar refractivity (Wildman–Crippen MR) is 248 cm³/mol. The molecule has 14 nitrogen and oxygen atoms in total. The van der Waals surface area contributed by atoms with Crippen LogP contribution in [-0.4, -0.2) is 102 Å². The minimum absolute atomic E-state index is 0.0209. The number of benzene rings is 4. The number of hydrogen-bond donors (Lipinski definition) is 3. The van der Waals surface area contributed by atoms with Gasteiger partial charge in [-0.3, -0.25) is 19.2 Å². The van der Waals surface area contributed by atoms with Gasteiger partial charge in [0.15, 0.2) is 5.78 Å². The first kappa shape index (κ1) is 53.6. The molecule has 0 aromatic heterocycles. The van der Waals surface area contributed by atoms with Gasteiger partial charge in [-0.25, -0.2) is 0 Å². The molecule has 4 rings (SSSR count). The summed E-state index contributed by atoms with van der Waals surface area (Å²) in [6.07, 6.45) is 0.148. The Kier molecular flexibility index (Phi) is 27.0. The second kappa shape index (κ2) is 32.8. The smallest absolute Gasteiger partial charge is 0.306 e. The number of carbonyl (C=O) groups excluding carboxylic acids is 5. The molecule has 65 heavy (non-hydrogen) atoms. The Hall–Kier alpha value is -5.77. The first-order valence-electron chi connectivity index (χ1n) is 22.0. The molecule has 4 aromatic rings. The molecule has 352 valence electrons. The van der Waals surface area contributed by atoms with Crippen molar-refractivity contribution < 1.29 is 52.4 Å². The maximum absolute atomic E-state index is 14.2. The third-order valence-corrected chi connectivity index (χ3v) is 9.98. The van der Waals surface area contributed by atoms with E-state index in [1.165, 1.54) is 6.92 Å². The molecule has 0 aliphatic heterocycles. The van der Waals surface area contributed by atoms with Gasteiger partial charge in [-0.2, -0.15) is 0 Å². The van der Waals surface area contributed by atoms with Gasteiger partial charge in [0, 0.05) is 58.4 Å². The van der Waals surface area contributed by atoms with Crippen LogP contribution in [-0.2, 0) is 73.7 Å². The first-order chi connectivity index (χ1) is 31.6. The number of hydrogen-bond acceptors (Lipinski definition) is 12. The molecule has 0 aliphatic rings. The van der Waals surface area contributed by atoms with Gasteiger partial charge in [-0.1, -0.05) is 103 Å². The molecule has 0 bridgehead atoms. The Morgan fingerprint density at radius 3 is 1.71 bits per heavy atom. The molecule has 4 N–H and O–H groups in total. The van der Waals surface area contributed by atoms with Crippen LogP contribution in [0.4, 0.5) is 0 Å². The maximum Gasteiger partial charge on any atom is 0.306 e. The fourth-order valence-electron chi connectivity index (χ4n) is 6.51. The van der Waals surface area contributed by atoms with Gasteiger partial charge in [0.25, 0.3) is 0 Å². The SMILES string of the molecule is COCCOCCN.COCCOCCNC(=O)[C@H](CCC(=O)OCc1ccccc1)CC(=O)[C@@H](Cc1ccccc1)NC(=O)[C@@H](CC(C)=O)Cc1ccc(OCc2ccccc2)cc1. The highest BCUT2D eigenvalue weighted by Gasteiger charge is 2.31. The minimum Gasteiger partial charge on any atom is -0.489 e. The summed E-state index contributed by atoms with van der Waals surface area (Å²) in [5.74, 6) is -2.84. The first-order valence-corrected chi connectivity index (χ1v) is 22.0. The van der Waals surface area contributed by atoms with Gasteiger partial charge < -0.3 is 49.6 Å². The maximum atomic E-state index is 14.2. The van der Waals surface area contributed by atoms with Gasteiger partial charge in [0.05, 0.1) is 45.7 Å². The third kappa shape index (κ3) is 23.7. The van der Waals surface area contributed by atoms with E-state index < -0.39 is 35.7 Å². The largest absolute Gasteiger partial charge is 0.489 e. The highest BCUT2D eigenvalue weighted by molar-refractivity contribution is 5.94. The quantitative estimate of drug-likeness (QED) is 0.0419. The molecule has 2 amide bonds. The van der Waals surface area contributed by atoms with Crippen LogP contribution in [0.25, 0.3) is 0 Å². The summed E-state index contributed by atoms with van der Waals surface area (Å²) in [7, 11) is 3.21. The number of nitrogens with one attached hydrogen (secondary N) is 2. The Bertz CT molecular complexity index is 1930. The average Bonchev–Trinajstić information content (AvgIpc) is 3.32. The van der Waals surface area contributed by atoms with Crippen LogP contribution in [0, 0.1) is 11.8 Å². The van der Waals surface area contributed by atoms with E-state index in [1.54, 1.807) is 14.2 Å². The van der Waals surface area contributed by atoms with Crippen LogP contribution in [0.2, 0.25) is 0 Å². The number of ketones is 2. The summed E-state index contributed by atoms with van der Waals surface area (Å²) in [4.78, 5) is 66.8. The van der Waals surface area contributed by atoms with Gasteiger partial charge >= 0.3 is 5.97 Å². The lowest BCUT2D eigenvalue weighted by molar-refractivity contribution is -0.145. The number of methoxy groups -OCH3 is 2. The van der Waals surface area contributed by atoms with E-state index in [0.29, 0.717) is 51.9 Å². The number of ether oxygens (including phenoxy) is 6. The Balaban J connectivity index is 0.00000128. The summed E-state index contributed by atoms with van der Waals surface area (Å²) in [5.41, 5.74) is 8.65. The lowest BCUT2D eigenvalue weighted by Gasteiger charge is -2.24. The van der Waals surface area contributed by atoms with Crippen LogP contribution in [0.5, 0.6) is 5.75 Å². The van der Waals surface area contributed by atoms with Crippen molar-refractivity contribution in [3.8, 4) is 5.75 Å². The van der Waals surface area contributed by atoms with Crippen molar-refractivity contribution >= 4 is 29.4 Å². The number of amides is 2. The molecule has 0 radical (unpaired) electrons. The summed E-state index contributed by atoms with van der Waals surface area (Å²) >= 11 is 0. The van der Waals surface area contributed by atoms with Crippen molar-refractivity contribution in [2.24, 2.45) is 17.6 Å². The summed E-state index contributed by atoms with van der Waals surface area (Å²) in [5, 5.41) is 5.76. The van der Waals surface area contributed by atoms with Gasteiger partial charge in [-0.15, -0.1) is 0 Å². The third-order valence-electron chi connectivity index (χ3n) is 9.98. The van der Waals surface area contributed by atoms with E-state index in [2.05, 4.69) is 10.6 Å². The van der Waals surface area contributed by atoms with Crippen molar-refractivity contribution in [2.75, 3.05) is 67.0 Å². The molecule has 14 heteroatoms. The van der Waals surface area contributed by atoms with Crippen molar-refractivity contribution in [2.45, 2.75) is 64.7 Å². The lowest BCUT2D eigenvalue weighted by atomic mass is 9.89. The minimum atomic E-state index is -0.999. The molecule has 0 saturated carbocycles. The topological polar surface area (TPSA) is 191 Å². The number of esters is 1. The fourth-order valence-corrected chi connectivity index (χ4v) is 6.51. The number of Topliss-reactive ketones (excluding diaryl/α,β-unsaturated/α-hetero) is 2. The lowest BCUT2D eigenvalue weighted by Crippen LogP contribution is -2.47. The van der Waals surface area contributed by atoms with Crippen LogP contribution in [0.1, 0.15) is 54.9 Å². The molecule has 0 aliphatic carbocycles. The summed E-state index contributed by atoms with van der Waals surface area (Å²) in [6, 6.07) is 34.7. The molecule has 0 saturated heterocycles. The standard InChI is InChI=1S/C46H54N2O9.C5H13NO2/c1-34(49)28-40(29-36-18-21-41(22-19-36)56-32-37-14-8-4-9-15-37)46(53)48-42(30-35-12-6-3-7-13-35)43(50)31-39(45(52)47-24-25-55-27-26-54-2)20-23-44(51)57-33-38-16-10-5-11-17-38;1-7-4-5-8-3-2-6/h3-19,21-22,39-40,42H,20,23-33H2,1-2H3,(H,47,52)(H,48,53);2-6H2,1H3/t39-,40+,42-;/m1./s1. The average molecular weight is 898 g/mol. The zero-order chi connectivity index (χ0) is 46.9. The molecule has 0 fully saturated rings. The van der Waals surface area contributed by atoms with Gasteiger partial charge in [-0.05, 0) is 60.6 Å². The summed E-state index contributed by atoms with van der Waals surface area (Å²) in [6.45, 7) is 5.66. The second-order valence-corrected chi connectivity index (χ2v) is 15.3. The number of carbonyl (C=O) groups is 5. The molecule has 3 atom stereocenters. The molecule has 0 unspecified atom stereocenters. The highest BCUT2D eigenvalue weighted by Crippen LogP contribution is 2.21. The molecular weight excluding hydrogens is 831 g/mol. The van der Waals surface area contributed by atoms with E-state index in [0.717, 1.165) is 22.3 Å². The second-order valence-electron chi connectivity index (χ2n) is 15.3. The van der Waals surface area contributed by atoms with Crippen molar-refractivity contribution in [3.63, 3.8) is 0 Å². The zero-order valence-electron chi connectivity index (χ0n) is 38.1. The zero-order valence-corrected chi connectivity index (χ0v) is 38.1. The highest BCUT2D eigenvalue weighted by atomic mass is 16.5. The normalized spacial score (nSPS) is 12.1. The predicted octanol–water partition coefficient (Wildman–Crippen LogP) is 5.62. The van der Waals surface area contributed by atoms with E-state index in [4.69, 9.17) is 34.2 Å². The fraction of sp³-hybridized carbons (Fsp3) is 0.431. The Labute approximate surface area is 383 Å². The summed E-state index contributed by atoms with van der Waals surface area (Å²) < 4.78 is 31.5. The van der Waals surface area contributed by atoms with Crippen LogP contribution in [0.3, 0.4) is 0 Å². The van der Waals surface area contributed by atoms with E-state index in [9.17, 15) is 24.0 Å². The van der Waals surface area contributed by atoms with Gasteiger partial charge in [0.2, 0.25) is 11.8 Å². The monoisotopic (exact) mass is 897 g/mol. The Morgan fingerprint density at radius 1 is 0.585 bits per heavy atom. The molecule has 4 aromatic carbocycles. The van der Waals surface area contributed by atoms with Crippen LogP contribution < -0.4 is 21.1 Å². The van der Waals surface area contributed by atoms with Crippen LogP contribution >= 0.6 is 0 Å². The molecule has 0 spiro atoms. The van der Waals surface area contributed by atoms with Crippen molar-refractivity contribution in [3.05, 3.63) is 138 Å². The number of rotatable bonds is 31. The van der Waals surface area contributed by atoms with Crippen LogP contribution in [0.15, 0.2) is 115 Å². The van der Waals surface area contributed by atoms with E-state index >= 15 is 0 Å². The van der Waals surface area contributed by atoms with Crippen molar-refractivity contribution in [1.29, 1.82) is 0 Å². The molecule has 0 heterocycles.